The van der Waals surface area contributed by atoms with Crippen molar-refractivity contribution in [2.45, 2.75) is 13.5 Å². The number of aliphatic imine (C=N–C) groups is 1. The number of aryl methyl sites for hydroxylation is 1. The van der Waals surface area contributed by atoms with Gasteiger partial charge in [0.05, 0.1) is 0 Å². The molecule has 0 aliphatic rings. The molecule has 0 atom stereocenters. The molecule has 0 spiro atoms. The van der Waals surface area contributed by atoms with Gasteiger partial charge in [-0.3, -0.25) is 4.99 Å². The number of nitrogens with one attached hydrogen (secondary N) is 1. The van der Waals surface area contributed by atoms with E-state index in [-0.39, 0.29) is 29.8 Å². The molecule has 0 aliphatic heterocycles. The van der Waals surface area contributed by atoms with Gasteiger partial charge in [-0.15, -0.1) is 24.0 Å². The molecule has 0 amide bonds. The number of hydrogen-bond acceptors (Lipinski definition) is 1. The van der Waals surface area contributed by atoms with Crippen LogP contribution in [0.1, 0.15) is 11.1 Å². The second-order valence-electron chi connectivity index (χ2n) is 3.88. The van der Waals surface area contributed by atoms with Gasteiger partial charge >= 0.3 is 0 Å². The van der Waals surface area contributed by atoms with Gasteiger partial charge in [-0.25, -0.2) is 4.39 Å². The van der Waals surface area contributed by atoms with Crippen molar-refractivity contribution in [3.8, 4) is 0 Å². The molecule has 0 heterocycles. The lowest BCUT2D eigenvalue weighted by molar-refractivity contribution is 0.582. The van der Waals surface area contributed by atoms with Crippen molar-refractivity contribution >= 4 is 29.9 Å². The molecule has 1 N–H and O–H groups in total. The lowest BCUT2D eigenvalue weighted by Crippen LogP contribution is -2.35. The average Bonchev–Trinajstić information content (AvgIpc) is 2.23. The monoisotopic (exact) mass is 351 g/mol. The maximum absolute atomic E-state index is 13.0. The summed E-state index contributed by atoms with van der Waals surface area (Å²) in [6.45, 7) is 2.41. The van der Waals surface area contributed by atoms with E-state index in [1.807, 2.05) is 25.1 Å². The minimum Gasteiger partial charge on any atom is -0.352 e. The zero-order chi connectivity index (χ0) is 12.1. The van der Waals surface area contributed by atoms with Crippen LogP contribution >= 0.6 is 24.0 Å². The first kappa shape index (κ1) is 16.1. The standard InChI is InChI=1S/C12H18FN3.HI/c1-9-7-10(5-6-11(9)13)8-15-12(14-2)16(3)4;/h5-7H,8H2,1-4H3,(H,14,15);1H. The molecule has 0 saturated carbocycles. The Bertz CT molecular complexity index is 391. The van der Waals surface area contributed by atoms with E-state index >= 15 is 0 Å². The van der Waals surface area contributed by atoms with Crippen LogP contribution in [-0.4, -0.2) is 32.0 Å². The summed E-state index contributed by atoms with van der Waals surface area (Å²) in [6, 6.07) is 5.11. The molecule has 0 aromatic heterocycles. The van der Waals surface area contributed by atoms with Gasteiger partial charge in [0.15, 0.2) is 5.96 Å². The van der Waals surface area contributed by atoms with E-state index < -0.39 is 0 Å². The molecule has 3 nitrogen and oxygen atoms in total. The van der Waals surface area contributed by atoms with E-state index in [2.05, 4.69) is 10.3 Å². The Labute approximate surface area is 119 Å². The highest BCUT2D eigenvalue weighted by molar-refractivity contribution is 14.0. The first-order valence-corrected chi connectivity index (χ1v) is 5.17. The lowest BCUT2D eigenvalue weighted by atomic mass is 10.1. The Morgan fingerprint density at radius 1 is 1.41 bits per heavy atom. The summed E-state index contributed by atoms with van der Waals surface area (Å²) in [7, 11) is 5.58. The van der Waals surface area contributed by atoms with Crippen LogP contribution in [0.3, 0.4) is 0 Å². The van der Waals surface area contributed by atoms with Crippen LogP contribution in [0.2, 0.25) is 0 Å². The van der Waals surface area contributed by atoms with Crippen molar-refractivity contribution in [1.29, 1.82) is 0 Å². The molecular weight excluding hydrogens is 332 g/mol. The Balaban J connectivity index is 0.00000256. The van der Waals surface area contributed by atoms with Crippen LogP contribution in [-0.2, 0) is 6.54 Å². The molecule has 96 valence electrons. The number of benzene rings is 1. The molecule has 1 aromatic carbocycles. The Kier molecular flexibility index (Phi) is 7.10. The quantitative estimate of drug-likeness (QED) is 0.503. The highest BCUT2D eigenvalue weighted by Crippen LogP contribution is 2.08. The van der Waals surface area contributed by atoms with E-state index in [0.29, 0.717) is 12.1 Å². The molecular formula is C12H19FIN3. The van der Waals surface area contributed by atoms with Crippen molar-refractivity contribution in [3.05, 3.63) is 35.1 Å². The van der Waals surface area contributed by atoms with Gasteiger partial charge in [-0.05, 0) is 24.1 Å². The number of rotatable bonds is 2. The summed E-state index contributed by atoms with van der Waals surface area (Å²) >= 11 is 0. The minimum atomic E-state index is -0.166. The highest BCUT2D eigenvalue weighted by atomic mass is 127. The Morgan fingerprint density at radius 3 is 2.53 bits per heavy atom. The number of hydrogen-bond donors (Lipinski definition) is 1. The van der Waals surface area contributed by atoms with Gasteiger partial charge in [0.2, 0.25) is 0 Å². The molecule has 0 radical (unpaired) electrons. The van der Waals surface area contributed by atoms with Gasteiger partial charge in [0.1, 0.15) is 5.82 Å². The molecule has 0 aliphatic carbocycles. The zero-order valence-electron chi connectivity index (χ0n) is 10.6. The van der Waals surface area contributed by atoms with E-state index in [1.54, 1.807) is 20.0 Å². The maximum Gasteiger partial charge on any atom is 0.193 e. The third-order valence-corrected chi connectivity index (χ3v) is 2.31. The summed E-state index contributed by atoms with van der Waals surface area (Å²) < 4.78 is 13.0. The SMILES string of the molecule is CN=C(NCc1ccc(F)c(C)c1)N(C)C.I. The van der Waals surface area contributed by atoms with Gasteiger partial charge < -0.3 is 10.2 Å². The largest absolute Gasteiger partial charge is 0.352 e. The fraction of sp³-hybridized carbons (Fsp3) is 0.417. The number of guanidine groups is 1. The van der Waals surface area contributed by atoms with Crippen molar-refractivity contribution in [2.24, 2.45) is 4.99 Å². The van der Waals surface area contributed by atoms with E-state index in [4.69, 9.17) is 0 Å². The molecule has 1 rings (SSSR count). The van der Waals surface area contributed by atoms with Crippen LogP contribution in [0.25, 0.3) is 0 Å². The lowest BCUT2D eigenvalue weighted by Gasteiger charge is -2.17. The summed E-state index contributed by atoms with van der Waals surface area (Å²) in [5.74, 6) is 0.641. The molecule has 0 fully saturated rings. The maximum atomic E-state index is 13.0. The summed E-state index contributed by atoms with van der Waals surface area (Å²) in [4.78, 5) is 6.00. The third kappa shape index (κ3) is 4.89. The Morgan fingerprint density at radius 2 is 2.06 bits per heavy atom. The van der Waals surface area contributed by atoms with Gasteiger partial charge in [0.25, 0.3) is 0 Å². The first-order valence-electron chi connectivity index (χ1n) is 5.17. The van der Waals surface area contributed by atoms with Crippen molar-refractivity contribution in [1.82, 2.24) is 10.2 Å². The average molecular weight is 351 g/mol. The van der Waals surface area contributed by atoms with E-state index in [1.165, 1.54) is 6.07 Å². The summed E-state index contributed by atoms with van der Waals surface area (Å²) in [6.07, 6.45) is 0. The van der Waals surface area contributed by atoms with Crippen LogP contribution in [0.4, 0.5) is 4.39 Å². The molecule has 17 heavy (non-hydrogen) atoms. The number of halogens is 2. The normalized spacial score (nSPS) is 10.8. The molecule has 0 saturated heterocycles. The van der Waals surface area contributed by atoms with Crippen LogP contribution in [0.5, 0.6) is 0 Å². The van der Waals surface area contributed by atoms with Crippen LogP contribution < -0.4 is 5.32 Å². The highest BCUT2D eigenvalue weighted by Gasteiger charge is 2.02. The first-order chi connectivity index (χ1) is 7.54. The Hall–Kier alpha value is -0.850. The second kappa shape index (κ2) is 7.47. The zero-order valence-corrected chi connectivity index (χ0v) is 13.0. The number of nitrogens with zero attached hydrogens (tertiary/aromatic N) is 2. The van der Waals surface area contributed by atoms with Crippen molar-refractivity contribution in [2.75, 3.05) is 21.1 Å². The third-order valence-electron chi connectivity index (χ3n) is 2.31. The van der Waals surface area contributed by atoms with Crippen LogP contribution in [0.15, 0.2) is 23.2 Å². The van der Waals surface area contributed by atoms with E-state index in [0.717, 1.165) is 11.5 Å². The van der Waals surface area contributed by atoms with Crippen molar-refractivity contribution in [3.63, 3.8) is 0 Å². The van der Waals surface area contributed by atoms with Gasteiger partial charge in [-0.2, -0.15) is 0 Å². The molecule has 0 bridgehead atoms. The second-order valence-corrected chi connectivity index (χ2v) is 3.88. The fourth-order valence-corrected chi connectivity index (χ4v) is 1.44. The van der Waals surface area contributed by atoms with E-state index in [9.17, 15) is 4.39 Å². The summed E-state index contributed by atoms with van der Waals surface area (Å²) in [5.41, 5.74) is 1.71. The molecule has 1 aromatic rings. The van der Waals surface area contributed by atoms with Gasteiger partial charge in [-0.1, -0.05) is 12.1 Å². The van der Waals surface area contributed by atoms with Crippen LogP contribution in [0, 0.1) is 12.7 Å². The smallest absolute Gasteiger partial charge is 0.193 e. The van der Waals surface area contributed by atoms with Gasteiger partial charge in [0, 0.05) is 27.7 Å². The summed E-state index contributed by atoms with van der Waals surface area (Å²) in [5, 5.41) is 3.19. The molecule has 0 unspecified atom stereocenters. The topological polar surface area (TPSA) is 27.6 Å². The fourth-order valence-electron chi connectivity index (χ4n) is 1.44. The minimum absolute atomic E-state index is 0. The predicted octanol–water partition coefficient (Wildman–Crippen LogP) is 2.39. The van der Waals surface area contributed by atoms with Crippen molar-refractivity contribution < 1.29 is 4.39 Å². The molecule has 5 heteroatoms. The predicted molar refractivity (Wildman–Crippen MR) is 80.4 cm³/mol.